The maximum Gasteiger partial charge on any atom is 0.336 e. The Kier molecular flexibility index (Phi) is 5.66. The minimum Gasteiger partial charge on any atom is -0.482 e. The summed E-state index contributed by atoms with van der Waals surface area (Å²) in [5, 5.41) is 0.933. The molecule has 2 heterocycles. The molecule has 1 unspecified atom stereocenters. The van der Waals surface area contributed by atoms with Gasteiger partial charge in [-0.05, 0) is 36.5 Å². The number of carbonyl (C=O) groups is 1. The molecule has 2 fully saturated rings. The molecule has 5 rings (SSSR count). The molecular formula is C24H22ClNO6S. The molecule has 0 spiro atoms. The quantitative estimate of drug-likeness (QED) is 0.492. The van der Waals surface area contributed by atoms with Crippen LogP contribution in [0.15, 0.2) is 57.7 Å². The van der Waals surface area contributed by atoms with Gasteiger partial charge in [0, 0.05) is 29.6 Å². The van der Waals surface area contributed by atoms with Crippen molar-refractivity contribution in [2.45, 2.75) is 31.3 Å². The van der Waals surface area contributed by atoms with E-state index in [2.05, 4.69) is 0 Å². The largest absolute Gasteiger partial charge is 0.482 e. The number of nitrogens with zero attached hydrogens (tertiary/aromatic N) is 1. The van der Waals surface area contributed by atoms with Crippen molar-refractivity contribution in [1.82, 2.24) is 4.90 Å². The highest BCUT2D eigenvalue weighted by Crippen LogP contribution is 2.36. The Morgan fingerprint density at radius 3 is 2.52 bits per heavy atom. The molecular weight excluding hydrogens is 466 g/mol. The average Bonchev–Trinajstić information content (AvgIpc) is 3.55. The van der Waals surface area contributed by atoms with Gasteiger partial charge < -0.3 is 14.1 Å². The van der Waals surface area contributed by atoms with Gasteiger partial charge in [0.05, 0.1) is 16.5 Å². The molecule has 9 heteroatoms. The zero-order valence-corrected chi connectivity index (χ0v) is 19.3. The van der Waals surface area contributed by atoms with E-state index in [1.54, 1.807) is 11.0 Å². The molecule has 0 N–H and O–H groups in total. The van der Waals surface area contributed by atoms with Crippen molar-refractivity contribution in [2.24, 2.45) is 0 Å². The second-order valence-corrected chi connectivity index (χ2v) is 11.1. The lowest BCUT2D eigenvalue weighted by molar-refractivity contribution is -0.135. The number of benzene rings is 2. The van der Waals surface area contributed by atoms with Crippen LogP contribution in [0.5, 0.6) is 5.75 Å². The van der Waals surface area contributed by atoms with Crippen LogP contribution in [0.2, 0.25) is 5.02 Å². The second-order valence-electron chi connectivity index (χ2n) is 8.50. The summed E-state index contributed by atoms with van der Waals surface area (Å²) in [6.07, 6.45) is 2.19. The Morgan fingerprint density at radius 2 is 1.85 bits per heavy atom. The minimum absolute atomic E-state index is 0.000605. The summed E-state index contributed by atoms with van der Waals surface area (Å²) in [6.45, 7) is -0.277. The van der Waals surface area contributed by atoms with Crippen LogP contribution in [0.3, 0.4) is 0 Å². The summed E-state index contributed by atoms with van der Waals surface area (Å²) < 4.78 is 34.9. The first-order valence-corrected chi connectivity index (χ1v) is 13.0. The number of ether oxygens (including phenoxy) is 1. The van der Waals surface area contributed by atoms with Gasteiger partial charge in [-0.25, -0.2) is 13.2 Å². The molecule has 1 aromatic heterocycles. The van der Waals surface area contributed by atoms with E-state index < -0.39 is 15.5 Å². The molecule has 1 aliphatic heterocycles. The van der Waals surface area contributed by atoms with Crippen molar-refractivity contribution in [1.29, 1.82) is 0 Å². The highest BCUT2D eigenvalue weighted by molar-refractivity contribution is 7.91. The smallest absolute Gasteiger partial charge is 0.336 e. The maximum absolute atomic E-state index is 13.0. The lowest BCUT2D eigenvalue weighted by atomic mass is 10.0. The number of hydrogen-bond acceptors (Lipinski definition) is 6. The van der Waals surface area contributed by atoms with Crippen LogP contribution in [0.25, 0.3) is 22.1 Å². The molecule has 0 bridgehead atoms. The van der Waals surface area contributed by atoms with E-state index in [4.69, 9.17) is 20.8 Å². The SMILES string of the molecule is O=C(COc1cc2oc(=O)cc(-c3ccccc3)c2cc1Cl)N(C1CC1)C1CCS(=O)(=O)C1. The summed E-state index contributed by atoms with van der Waals surface area (Å²) in [6, 6.07) is 13.8. The molecule has 3 aromatic rings. The molecule has 7 nitrogen and oxygen atoms in total. The number of halogens is 1. The third-order valence-corrected chi connectivity index (χ3v) is 8.11. The van der Waals surface area contributed by atoms with Crippen LogP contribution in [0.1, 0.15) is 19.3 Å². The number of amides is 1. The van der Waals surface area contributed by atoms with E-state index in [1.165, 1.54) is 12.1 Å². The Labute approximate surface area is 195 Å². The van der Waals surface area contributed by atoms with E-state index in [0.717, 1.165) is 18.4 Å². The van der Waals surface area contributed by atoms with Crippen LogP contribution in [0, 0.1) is 0 Å². The molecule has 1 saturated carbocycles. The second kappa shape index (κ2) is 8.50. The maximum atomic E-state index is 13.0. The van der Waals surface area contributed by atoms with Gasteiger partial charge in [-0.3, -0.25) is 4.79 Å². The van der Waals surface area contributed by atoms with Gasteiger partial charge >= 0.3 is 5.63 Å². The van der Waals surface area contributed by atoms with Gasteiger partial charge in [0.15, 0.2) is 16.4 Å². The number of sulfone groups is 1. The van der Waals surface area contributed by atoms with Crippen molar-refractivity contribution in [2.75, 3.05) is 18.1 Å². The van der Waals surface area contributed by atoms with Crippen molar-refractivity contribution in [3.63, 3.8) is 0 Å². The number of hydrogen-bond donors (Lipinski definition) is 0. The predicted molar refractivity (Wildman–Crippen MR) is 125 cm³/mol. The molecule has 0 radical (unpaired) electrons. The molecule has 172 valence electrons. The topological polar surface area (TPSA) is 93.9 Å². The zero-order valence-electron chi connectivity index (χ0n) is 17.7. The van der Waals surface area contributed by atoms with Gasteiger partial charge in [-0.15, -0.1) is 0 Å². The molecule has 2 aromatic carbocycles. The Morgan fingerprint density at radius 1 is 1.09 bits per heavy atom. The van der Waals surface area contributed by atoms with Crippen LogP contribution < -0.4 is 10.4 Å². The average molecular weight is 488 g/mol. The normalized spacial score (nSPS) is 19.5. The van der Waals surface area contributed by atoms with Gasteiger partial charge in [-0.2, -0.15) is 0 Å². The standard InChI is InChI=1S/C24H22ClNO6S/c25-20-10-19-18(15-4-2-1-3-5-15)11-24(28)32-21(19)12-22(20)31-13-23(27)26(16-6-7-16)17-8-9-33(29,30)14-17/h1-5,10-12,16-17H,6-9,13-14H2. The van der Waals surface area contributed by atoms with Gasteiger partial charge in [-0.1, -0.05) is 41.9 Å². The van der Waals surface area contributed by atoms with Gasteiger partial charge in [0.1, 0.15) is 11.3 Å². The summed E-state index contributed by atoms with van der Waals surface area (Å²) in [7, 11) is -3.11. The lowest BCUT2D eigenvalue weighted by Crippen LogP contribution is -2.45. The third-order valence-electron chi connectivity index (χ3n) is 6.06. The van der Waals surface area contributed by atoms with E-state index in [0.29, 0.717) is 23.0 Å². The number of fused-ring (bicyclic) bond motifs is 1. The number of carbonyl (C=O) groups excluding carboxylic acids is 1. The molecule has 1 aliphatic carbocycles. The molecule has 1 atom stereocenters. The van der Waals surface area contributed by atoms with Crippen LogP contribution >= 0.6 is 11.6 Å². The van der Waals surface area contributed by atoms with Crippen LogP contribution in [-0.4, -0.2) is 49.4 Å². The fourth-order valence-corrected chi connectivity index (χ4v) is 6.33. The fourth-order valence-electron chi connectivity index (χ4n) is 4.40. The molecule has 33 heavy (non-hydrogen) atoms. The minimum atomic E-state index is -3.11. The lowest BCUT2D eigenvalue weighted by Gasteiger charge is -2.28. The highest BCUT2D eigenvalue weighted by atomic mass is 35.5. The summed E-state index contributed by atoms with van der Waals surface area (Å²) >= 11 is 6.46. The zero-order chi connectivity index (χ0) is 23.2. The van der Waals surface area contributed by atoms with Crippen molar-refractivity contribution < 1.29 is 22.4 Å². The van der Waals surface area contributed by atoms with Crippen molar-refractivity contribution >= 4 is 38.3 Å². The summed E-state index contributed by atoms with van der Waals surface area (Å²) in [5.74, 6) is 0.0594. The van der Waals surface area contributed by atoms with Crippen molar-refractivity contribution in [3.05, 3.63) is 64.0 Å². The van der Waals surface area contributed by atoms with E-state index in [1.807, 2.05) is 30.3 Å². The predicted octanol–water partition coefficient (Wildman–Crippen LogP) is 3.67. The summed E-state index contributed by atoms with van der Waals surface area (Å²) in [4.78, 5) is 26.8. The van der Waals surface area contributed by atoms with Crippen LogP contribution in [-0.2, 0) is 14.6 Å². The third kappa shape index (κ3) is 4.63. The first-order valence-electron chi connectivity index (χ1n) is 10.8. The summed E-state index contributed by atoms with van der Waals surface area (Å²) in [5.41, 5.74) is 1.33. The van der Waals surface area contributed by atoms with E-state index >= 15 is 0 Å². The Balaban J connectivity index is 1.40. The Hall–Kier alpha value is -2.84. The number of rotatable bonds is 6. The molecule has 1 saturated heterocycles. The monoisotopic (exact) mass is 487 g/mol. The fraction of sp³-hybridized carbons (Fsp3) is 0.333. The van der Waals surface area contributed by atoms with E-state index in [9.17, 15) is 18.0 Å². The first-order chi connectivity index (χ1) is 15.8. The molecule has 2 aliphatic rings. The van der Waals surface area contributed by atoms with Gasteiger partial charge in [0.2, 0.25) is 0 Å². The Bertz CT molecular complexity index is 1380. The highest BCUT2D eigenvalue weighted by Gasteiger charge is 2.42. The first kappa shape index (κ1) is 22.0. The molecule has 1 amide bonds. The van der Waals surface area contributed by atoms with Crippen molar-refractivity contribution in [3.8, 4) is 16.9 Å². The van der Waals surface area contributed by atoms with Gasteiger partial charge in [0.25, 0.3) is 5.91 Å². The van der Waals surface area contributed by atoms with Crippen LogP contribution in [0.4, 0.5) is 0 Å². The van der Waals surface area contributed by atoms with E-state index in [-0.39, 0.29) is 46.9 Å².